The van der Waals surface area contributed by atoms with Crippen molar-refractivity contribution in [2.24, 2.45) is 5.92 Å². The lowest BCUT2D eigenvalue weighted by Gasteiger charge is -2.20. The second-order valence-electron chi connectivity index (χ2n) is 6.70. The van der Waals surface area contributed by atoms with Crippen molar-refractivity contribution in [2.75, 3.05) is 16.4 Å². The van der Waals surface area contributed by atoms with E-state index in [0.29, 0.717) is 10.7 Å². The lowest BCUT2D eigenvalue weighted by atomic mass is 9.88. The van der Waals surface area contributed by atoms with E-state index in [1.807, 2.05) is 24.3 Å². The summed E-state index contributed by atoms with van der Waals surface area (Å²) in [6.45, 7) is 0. The number of nitrogens with one attached hydrogen (secondary N) is 2. The standard InChI is InChI=1S/C21H23ClN2O2S/c22-16-8-4-9-17(12-16)23-20(25)14-27-19-11-5-10-18(13-19)24-21(26)15-6-2-1-3-7-15/h4-5,8-13,15H,1-3,6-7,14H2,(H,23,25)(H,24,26). The van der Waals surface area contributed by atoms with Crippen molar-refractivity contribution in [1.82, 2.24) is 0 Å². The molecule has 0 heterocycles. The molecule has 0 spiro atoms. The van der Waals surface area contributed by atoms with Gasteiger partial charge in [-0.3, -0.25) is 9.59 Å². The molecule has 2 amide bonds. The first-order valence-corrected chi connectivity index (χ1v) is 10.6. The average Bonchev–Trinajstić information content (AvgIpc) is 2.67. The number of halogens is 1. The number of hydrogen-bond acceptors (Lipinski definition) is 3. The smallest absolute Gasteiger partial charge is 0.234 e. The quantitative estimate of drug-likeness (QED) is 0.619. The Morgan fingerprint density at radius 3 is 2.41 bits per heavy atom. The summed E-state index contributed by atoms with van der Waals surface area (Å²) in [5.41, 5.74) is 1.47. The van der Waals surface area contributed by atoms with E-state index < -0.39 is 0 Å². The summed E-state index contributed by atoms with van der Waals surface area (Å²) in [5, 5.41) is 6.43. The van der Waals surface area contributed by atoms with Gasteiger partial charge in [0.2, 0.25) is 11.8 Å². The van der Waals surface area contributed by atoms with E-state index >= 15 is 0 Å². The van der Waals surface area contributed by atoms with Gasteiger partial charge in [0.25, 0.3) is 0 Å². The maximum Gasteiger partial charge on any atom is 0.234 e. The number of thioether (sulfide) groups is 1. The summed E-state index contributed by atoms with van der Waals surface area (Å²) in [4.78, 5) is 25.4. The molecule has 3 rings (SSSR count). The van der Waals surface area contributed by atoms with Gasteiger partial charge in [-0.25, -0.2) is 0 Å². The van der Waals surface area contributed by atoms with E-state index in [-0.39, 0.29) is 23.5 Å². The highest BCUT2D eigenvalue weighted by molar-refractivity contribution is 8.00. The van der Waals surface area contributed by atoms with Crippen LogP contribution in [0.1, 0.15) is 32.1 Å². The van der Waals surface area contributed by atoms with Gasteiger partial charge in [0, 0.05) is 27.2 Å². The van der Waals surface area contributed by atoms with Gasteiger partial charge >= 0.3 is 0 Å². The third-order valence-electron chi connectivity index (χ3n) is 4.56. The number of anilines is 2. The molecule has 2 N–H and O–H groups in total. The molecule has 0 aliphatic heterocycles. The Kier molecular flexibility index (Phi) is 7.18. The zero-order chi connectivity index (χ0) is 19.1. The highest BCUT2D eigenvalue weighted by Gasteiger charge is 2.21. The molecule has 0 aromatic heterocycles. The normalized spacial score (nSPS) is 14.6. The molecule has 0 radical (unpaired) electrons. The number of benzene rings is 2. The topological polar surface area (TPSA) is 58.2 Å². The van der Waals surface area contributed by atoms with Gasteiger partial charge in [-0.1, -0.05) is 43.0 Å². The van der Waals surface area contributed by atoms with Gasteiger partial charge in [-0.2, -0.15) is 0 Å². The minimum absolute atomic E-state index is 0.0982. The molecular formula is C21H23ClN2O2S. The molecule has 0 saturated heterocycles. The fraction of sp³-hybridized carbons (Fsp3) is 0.333. The van der Waals surface area contributed by atoms with Crippen LogP contribution in [0.3, 0.4) is 0 Å². The summed E-state index contributed by atoms with van der Waals surface area (Å²) in [6, 6.07) is 14.7. The SMILES string of the molecule is O=C(CSc1cccc(NC(=O)C2CCCCC2)c1)Nc1cccc(Cl)c1. The number of amides is 2. The molecule has 1 saturated carbocycles. The molecule has 0 atom stereocenters. The van der Waals surface area contributed by atoms with Crippen molar-refractivity contribution in [3.8, 4) is 0 Å². The minimum atomic E-state index is -0.0982. The van der Waals surface area contributed by atoms with Gasteiger partial charge in [-0.05, 0) is 49.2 Å². The summed E-state index contributed by atoms with van der Waals surface area (Å²) < 4.78 is 0. The maximum atomic E-state index is 12.4. The maximum absolute atomic E-state index is 12.4. The van der Waals surface area contributed by atoms with E-state index in [9.17, 15) is 9.59 Å². The van der Waals surface area contributed by atoms with Gasteiger partial charge in [0.15, 0.2) is 0 Å². The van der Waals surface area contributed by atoms with Gasteiger partial charge in [0.1, 0.15) is 0 Å². The van der Waals surface area contributed by atoms with Crippen LogP contribution in [0.2, 0.25) is 5.02 Å². The van der Waals surface area contributed by atoms with Crippen LogP contribution in [-0.4, -0.2) is 17.6 Å². The van der Waals surface area contributed by atoms with Crippen LogP contribution in [0.4, 0.5) is 11.4 Å². The number of carbonyl (C=O) groups excluding carboxylic acids is 2. The second-order valence-corrected chi connectivity index (χ2v) is 8.18. The highest BCUT2D eigenvalue weighted by Crippen LogP contribution is 2.26. The summed E-state index contributed by atoms with van der Waals surface area (Å²) in [6.07, 6.45) is 5.45. The van der Waals surface area contributed by atoms with Crippen molar-refractivity contribution < 1.29 is 9.59 Å². The zero-order valence-electron chi connectivity index (χ0n) is 15.0. The second kappa shape index (κ2) is 9.81. The van der Waals surface area contributed by atoms with E-state index in [4.69, 9.17) is 11.6 Å². The molecule has 4 nitrogen and oxygen atoms in total. The molecule has 1 aliphatic carbocycles. The first-order valence-electron chi connectivity index (χ1n) is 9.19. The van der Waals surface area contributed by atoms with Crippen molar-refractivity contribution in [3.05, 3.63) is 53.6 Å². The van der Waals surface area contributed by atoms with Gasteiger partial charge in [-0.15, -0.1) is 11.8 Å². The Labute approximate surface area is 169 Å². The molecule has 0 unspecified atom stereocenters. The predicted molar refractivity (Wildman–Crippen MR) is 112 cm³/mol. The molecule has 0 bridgehead atoms. The minimum Gasteiger partial charge on any atom is -0.326 e. The van der Waals surface area contributed by atoms with Crippen LogP contribution in [0.15, 0.2) is 53.4 Å². The van der Waals surface area contributed by atoms with Crippen LogP contribution in [0, 0.1) is 5.92 Å². The first kappa shape index (κ1) is 19.8. The Balaban J connectivity index is 1.51. The summed E-state index contributed by atoms with van der Waals surface area (Å²) in [7, 11) is 0. The average molecular weight is 403 g/mol. The molecule has 1 fully saturated rings. The third-order valence-corrected chi connectivity index (χ3v) is 5.78. The van der Waals surface area contributed by atoms with Crippen LogP contribution in [0.25, 0.3) is 0 Å². The molecule has 2 aromatic rings. The highest BCUT2D eigenvalue weighted by atomic mass is 35.5. The molecule has 6 heteroatoms. The fourth-order valence-corrected chi connectivity index (χ4v) is 4.13. The Bertz CT molecular complexity index is 806. The van der Waals surface area contributed by atoms with E-state index in [0.717, 1.165) is 36.3 Å². The van der Waals surface area contributed by atoms with Gasteiger partial charge < -0.3 is 10.6 Å². The molecular weight excluding hydrogens is 380 g/mol. The van der Waals surface area contributed by atoms with Crippen LogP contribution in [-0.2, 0) is 9.59 Å². The molecule has 142 valence electrons. The van der Waals surface area contributed by atoms with E-state index in [2.05, 4.69) is 10.6 Å². The summed E-state index contributed by atoms with van der Waals surface area (Å²) >= 11 is 7.36. The lowest BCUT2D eigenvalue weighted by molar-refractivity contribution is -0.120. The van der Waals surface area contributed by atoms with Crippen molar-refractivity contribution in [3.63, 3.8) is 0 Å². The number of hydrogen-bond donors (Lipinski definition) is 2. The Morgan fingerprint density at radius 1 is 0.963 bits per heavy atom. The van der Waals surface area contributed by atoms with Crippen LogP contribution in [0.5, 0.6) is 0 Å². The first-order chi connectivity index (χ1) is 13.1. The van der Waals surface area contributed by atoms with Crippen LogP contribution >= 0.6 is 23.4 Å². The number of carbonyl (C=O) groups is 2. The Hall–Kier alpha value is -1.98. The molecule has 2 aromatic carbocycles. The van der Waals surface area contributed by atoms with E-state index in [1.54, 1.807) is 24.3 Å². The number of rotatable bonds is 6. The molecule has 27 heavy (non-hydrogen) atoms. The van der Waals surface area contributed by atoms with Crippen molar-refractivity contribution in [1.29, 1.82) is 0 Å². The third kappa shape index (κ3) is 6.29. The van der Waals surface area contributed by atoms with E-state index in [1.165, 1.54) is 18.2 Å². The monoisotopic (exact) mass is 402 g/mol. The van der Waals surface area contributed by atoms with Crippen molar-refractivity contribution in [2.45, 2.75) is 37.0 Å². The lowest BCUT2D eigenvalue weighted by Crippen LogP contribution is -2.24. The van der Waals surface area contributed by atoms with Gasteiger partial charge in [0.05, 0.1) is 5.75 Å². The van der Waals surface area contributed by atoms with Crippen LogP contribution < -0.4 is 10.6 Å². The fourth-order valence-electron chi connectivity index (χ4n) is 3.18. The zero-order valence-corrected chi connectivity index (χ0v) is 16.6. The largest absolute Gasteiger partial charge is 0.326 e. The Morgan fingerprint density at radius 2 is 1.67 bits per heavy atom. The summed E-state index contributed by atoms with van der Waals surface area (Å²) in [5.74, 6) is 0.417. The van der Waals surface area contributed by atoms with Crippen molar-refractivity contribution >= 4 is 46.6 Å². The molecule has 1 aliphatic rings. The predicted octanol–water partition coefficient (Wildman–Crippen LogP) is 5.59.